The summed E-state index contributed by atoms with van der Waals surface area (Å²) in [7, 11) is 0. The molecule has 1 aliphatic rings. The van der Waals surface area contributed by atoms with E-state index in [1.165, 1.54) is 17.4 Å². The first kappa shape index (κ1) is 13.7. The monoisotopic (exact) mass is 306 g/mol. The smallest absolute Gasteiger partial charge is 0.256 e. The lowest BCUT2D eigenvalue weighted by molar-refractivity contribution is -0.548. The standard InChI is InChI=1S/C14H10F2N3OS/c15-11-3-1-9(5-12(11)16)6-19-7-13(17-18-19)14-4-2-10(8-20)21-14/h1-5,7-8,13H,6H2/q+1. The number of nitrogens with zero attached hydrogens (tertiary/aromatic N) is 3. The first-order chi connectivity index (χ1) is 10.2. The van der Waals surface area contributed by atoms with Crippen molar-refractivity contribution >= 4 is 23.8 Å². The first-order valence-electron chi connectivity index (χ1n) is 6.17. The summed E-state index contributed by atoms with van der Waals surface area (Å²) >= 11 is 1.35. The Bertz CT molecular complexity index is 754. The van der Waals surface area contributed by atoms with Gasteiger partial charge in [0.05, 0.1) is 9.75 Å². The Morgan fingerprint density at radius 2 is 2.10 bits per heavy atom. The topological polar surface area (TPSA) is 44.8 Å². The highest BCUT2D eigenvalue weighted by molar-refractivity contribution is 7.13. The molecule has 0 aliphatic carbocycles. The molecule has 2 aromatic rings. The summed E-state index contributed by atoms with van der Waals surface area (Å²) in [5.74, 6) is -1.75. The van der Waals surface area contributed by atoms with E-state index >= 15 is 0 Å². The van der Waals surface area contributed by atoms with Crippen LogP contribution in [0.1, 0.15) is 26.2 Å². The number of rotatable bonds is 4. The van der Waals surface area contributed by atoms with Gasteiger partial charge in [-0.2, -0.15) is 0 Å². The molecule has 21 heavy (non-hydrogen) atoms. The number of hydrogen-bond acceptors (Lipinski definition) is 4. The highest BCUT2D eigenvalue weighted by Gasteiger charge is 2.25. The van der Waals surface area contributed by atoms with Gasteiger partial charge in [0.1, 0.15) is 18.0 Å². The van der Waals surface area contributed by atoms with Crippen LogP contribution < -0.4 is 0 Å². The fraction of sp³-hybridized carbons (Fsp3) is 0.143. The number of aldehydes is 1. The van der Waals surface area contributed by atoms with Gasteiger partial charge in [-0.05, 0) is 29.8 Å². The van der Waals surface area contributed by atoms with E-state index in [1.54, 1.807) is 17.0 Å². The van der Waals surface area contributed by atoms with Crippen molar-refractivity contribution in [2.24, 2.45) is 10.3 Å². The molecule has 7 heteroatoms. The Kier molecular flexibility index (Phi) is 3.66. The number of benzene rings is 1. The Morgan fingerprint density at radius 3 is 2.81 bits per heavy atom. The quantitative estimate of drug-likeness (QED) is 0.629. The van der Waals surface area contributed by atoms with Gasteiger partial charge < -0.3 is 0 Å². The number of carbonyl (C=O) groups excluding carboxylic acids is 1. The van der Waals surface area contributed by atoms with Crippen molar-refractivity contribution in [1.82, 2.24) is 0 Å². The van der Waals surface area contributed by atoms with Crippen LogP contribution in [-0.2, 0) is 6.54 Å². The van der Waals surface area contributed by atoms with Crippen LogP contribution in [0.4, 0.5) is 8.78 Å². The van der Waals surface area contributed by atoms with Crippen LogP contribution in [0.3, 0.4) is 0 Å². The predicted molar refractivity (Wildman–Crippen MR) is 73.7 cm³/mol. The van der Waals surface area contributed by atoms with E-state index in [2.05, 4.69) is 10.3 Å². The zero-order valence-corrected chi connectivity index (χ0v) is 11.6. The zero-order chi connectivity index (χ0) is 14.8. The maximum Gasteiger partial charge on any atom is 0.256 e. The van der Waals surface area contributed by atoms with E-state index in [0.717, 1.165) is 23.3 Å². The second-order valence-corrected chi connectivity index (χ2v) is 5.65. The molecule has 1 aromatic heterocycles. The second-order valence-electron chi connectivity index (χ2n) is 4.50. The molecule has 0 spiro atoms. The minimum Gasteiger partial charge on any atom is -0.297 e. The summed E-state index contributed by atoms with van der Waals surface area (Å²) in [5.41, 5.74) is 0.601. The summed E-state index contributed by atoms with van der Waals surface area (Å²) in [6.45, 7) is 0.309. The lowest BCUT2D eigenvalue weighted by atomic mass is 10.2. The normalized spacial score (nSPS) is 17.0. The summed E-state index contributed by atoms with van der Waals surface area (Å²) < 4.78 is 27.6. The molecule has 1 unspecified atom stereocenters. The molecule has 0 bridgehead atoms. The van der Waals surface area contributed by atoms with E-state index in [4.69, 9.17) is 0 Å². The highest BCUT2D eigenvalue weighted by atomic mass is 32.1. The molecule has 4 nitrogen and oxygen atoms in total. The third-order valence-electron chi connectivity index (χ3n) is 2.99. The first-order valence-corrected chi connectivity index (χ1v) is 6.98. The molecule has 0 amide bonds. The van der Waals surface area contributed by atoms with Crippen LogP contribution in [0.25, 0.3) is 0 Å². The average molecular weight is 306 g/mol. The Hall–Kier alpha value is -2.28. The fourth-order valence-corrected chi connectivity index (χ4v) is 2.80. The van der Waals surface area contributed by atoms with E-state index in [-0.39, 0.29) is 6.04 Å². The van der Waals surface area contributed by atoms with Gasteiger partial charge in [-0.3, -0.25) is 4.79 Å². The van der Waals surface area contributed by atoms with Gasteiger partial charge in [0.2, 0.25) is 0 Å². The van der Waals surface area contributed by atoms with Crippen LogP contribution in [0.15, 0.2) is 40.7 Å². The SMILES string of the molecule is O=Cc1ccc(C2C=[N+](Cc3ccc(F)c(F)c3)N=N2)s1. The number of thiophene rings is 1. The molecule has 106 valence electrons. The third kappa shape index (κ3) is 2.92. The molecule has 1 aliphatic heterocycles. The number of hydrogen-bond donors (Lipinski definition) is 0. The van der Waals surface area contributed by atoms with Gasteiger partial charge in [0.25, 0.3) is 6.04 Å². The minimum atomic E-state index is -0.880. The van der Waals surface area contributed by atoms with Gasteiger partial charge in [0.15, 0.2) is 17.9 Å². The molecule has 1 atom stereocenters. The summed E-state index contributed by atoms with van der Waals surface area (Å²) in [6.07, 6.45) is 2.57. The van der Waals surface area contributed by atoms with E-state index in [9.17, 15) is 13.6 Å². The van der Waals surface area contributed by atoms with Crippen LogP contribution >= 0.6 is 11.3 Å². The maximum absolute atomic E-state index is 13.1. The molecule has 0 fully saturated rings. The minimum absolute atomic E-state index is 0.242. The molecule has 0 N–H and O–H groups in total. The summed E-state index contributed by atoms with van der Waals surface area (Å²) in [6, 6.07) is 7.05. The number of halogens is 2. The second kappa shape index (κ2) is 5.61. The Labute approximate surface area is 123 Å². The van der Waals surface area contributed by atoms with Crippen molar-refractivity contribution in [3.8, 4) is 0 Å². The molecule has 1 aromatic carbocycles. The van der Waals surface area contributed by atoms with Crippen molar-refractivity contribution < 1.29 is 18.3 Å². The molecule has 0 saturated heterocycles. The average Bonchev–Trinajstić information content (AvgIpc) is 3.11. The van der Waals surface area contributed by atoms with Gasteiger partial charge >= 0.3 is 0 Å². The molecular weight excluding hydrogens is 296 g/mol. The predicted octanol–water partition coefficient (Wildman–Crippen LogP) is 3.54. The largest absolute Gasteiger partial charge is 0.297 e. The van der Waals surface area contributed by atoms with Gasteiger partial charge in [0, 0.05) is 5.11 Å². The Morgan fingerprint density at radius 1 is 1.24 bits per heavy atom. The van der Waals surface area contributed by atoms with Crippen molar-refractivity contribution in [3.05, 3.63) is 57.3 Å². The molecule has 0 radical (unpaired) electrons. The van der Waals surface area contributed by atoms with Gasteiger partial charge in [-0.1, -0.05) is 6.07 Å². The molecule has 3 rings (SSSR count). The highest BCUT2D eigenvalue weighted by Crippen LogP contribution is 2.26. The van der Waals surface area contributed by atoms with Crippen LogP contribution in [0.5, 0.6) is 0 Å². The van der Waals surface area contributed by atoms with E-state index in [1.807, 2.05) is 6.07 Å². The lowest BCUT2D eigenvalue weighted by Crippen LogP contribution is -2.05. The Balaban J connectivity index is 1.75. The van der Waals surface area contributed by atoms with Gasteiger partial charge in [-0.25, -0.2) is 8.78 Å². The van der Waals surface area contributed by atoms with E-state index < -0.39 is 11.6 Å². The zero-order valence-electron chi connectivity index (χ0n) is 10.7. The molecule has 2 heterocycles. The molecule has 0 saturated carbocycles. The van der Waals surface area contributed by atoms with Crippen LogP contribution in [-0.4, -0.2) is 17.2 Å². The van der Waals surface area contributed by atoms with Crippen molar-refractivity contribution in [2.75, 3.05) is 0 Å². The lowest BCUT2D eigenvalue weighted by Gasteiger charge is -1.98. The maximum atomic E-state index is 13.1. The van der Waals surface area contributed by atoms with Crippen LogP contribution in [0, 0.1) is 11.6 Å². The van der Waals surface area contributed by atoms with Crippen LogP contribution in [0.2, 0.25) is 0 Å². The molecular formula is C14H10F2N3OS+. The van der Waals surface area contributed by atoms with Crippen molar-refractivity contribution in [2.45, 2.75) is 12.6 Å². The van der Waals surface area contributed by atoms with Crippen molar-refractivity contribution in [3.63, 3.8) is 0 Å². The fourth-order valence-electron chi connectivity index (χ4n) is 1.98. The third-order valence-corrected chi connectivity index (χ3v) is 4.07. The van der Waals surface area contributed by atoms with E-state index in [0.29, 0.717) is 17.0 Å². The summed E-state index contributed by atoms with van der Waals surface area (Å²) in [5, 5.41) is 8.07. The summed E-state index contributed by atoms with van der Waals surface area (Å²) in [4.78, 5) is 12.2. The van der Waals surface area contributed by atoms with Gasteiger partial charge in [-0.15, -0.1) is 16.0 Å². The van der Waals surface area contributed by atoms with Crippen molar-refractivity contribution in [1.29, 1.82) is 0 Å². The number of carbonyl (C=O) groups is 1.